The van der Waals surface area contributed by atoms with Crippen molar-refractivity contribution in [2.45, 2.75) is 25.8 Å². The number of likely N-dealkylation sites (N-methyl/N-ethyl adjacent to an activating group) is 1. The van der Waals surface area contributed by atoms with Gasteiger partial charge in [0, 0.05) is 18.5 Å². The van der Waals surface area contributed by atoms with Crippen molar-refractivity contribution in [3.05, 3.63) is 0 Å². The van der Waals surface area contributed by atoms with Crippen LogP contribution >= 0.6 is 12.6 Å². The highest BCUT2D eigenvalue weighted by atomic mass is 32.1. The average molecular weight is 204 g/mol. The van der Waals surface area contributed by atoms with E-state index in [9.17, 15) is 4.79 Å². The molecule has 0 atom stereocenters. The Hall–Kier alpha value is -0.220. The topological polar surface area (TPSA) is 32.3 Å². The van der Waals surface area contributed by atoms with Gasteiger partial charge >= 0.3 is 0 Å². The molecule has 13 heavy (non-hydrogen) atoms. The number of hydrogen-bond donors (Lipinski definition) is 2. The van der Waals surface area contributed by atoms with Crippen LogP contribution in [0.15, 0.2) is 0 Å². The molecular weight excluding hydrogens is 184 g/mol. The highest BCUT2D eigenvalue weighted by molar-refractivity contribution is 7.80. The molecular formula is C9H20N2OS. The minimum atomic E-state index is 0.00621. The van der Waals surface area contributed by atoms with Crippen molar-refractivity contribution in [2.75, 3.05) is 26.4 Å². The lowest BCUT2D eigenvalue weighted by atomic mass is 10.0. The normalized spacial score (nSPS) is 11.8. The molecule has 0 aliphatic heterocycles. The number of thiol groups is 1. The molecule has 0 bridgehead atoms. The SMILES string of the molecule is CN(C)C(C)(C)CNC(=O)CCS. The van der Waals surface area contributed by atoms with E-state index in [1.807, 2.05) is 14.1 Å². The Morgan fingerprint density at radius 3 is 2.38 bits per heavy atom. The number of carbonyl (C=O) groups excluding carboxylic acids is 1. The van der Waals surface area contributed by atoms with E-state index in [1.165, 1.54) is 0 Å². The summed E-state index contributed by atoms with van der Waals surface area (Å²) in [5, 5.41) is 2.88. The number of carbonyl (C=O) groups is 1. The summed E-state index contributed by atoms with van der Waals surface area (Å²) in [7, 11) is 4.01. The fourth-order valence-corrected chi connectivity index (χ4v) is 0.866. The Labute approximate surface area is 86.3 Å². The minimum absolute atomic E-state index is 0.00621. The van der Waals surface area contributed by atoms with Crippen LogP contribution in [0.25, 0.3) is 0 Å². The van der Waals surface area contributed by atoms with Gasteiger partial charge in [0.15, 0.2) is 0 Å². The second-order valence-corrected chi connectivity index (χ2v) is 4.40. The third-order valence-electron chi connectivity index (χ3n) is 2.27. The zero-order chi connectivity index (χ0) is 10.5. The van der Waals surface area contributed by atoms with Crippen molar-refractivity contribution >= 4 is 18.5 Å². The van der Waals surface area contributed by atoms with Gasteiger partial charge in [-0.2, -0.15) is 12.6 Å². The Bertz CT molecular complexity index is 169. The summed E-state index contributed by atoms with van der Waals surface area (Å²) in [4.78, 5) is 13.2. The van der Waals surface area contributed by atoms with Gasteiger partial charge in [0.2, 0.25) is 5.91 Å². The van der Waals surface area contributed by atoms with Crippen LogP contribution in [0.4, 0.5) is 0 Å². The van der Waals surface area contributed by atoms with Gasteiger partial charge < -0.3 is 10.2 Å². The van der Waals surface area contributed by atoms with E-state index in [1.54, 1.807) is 0 Å². The predicted molar refractivity (Wildman–Crippen MR) is 59.2 cm³/mol. The summed E-state index contributed by atoms with van der Waals surface area (Å²) in [6.07, 6.45) is 0.493. The monoisotopic (exact) mass is 204 g/mol. The molecule has 0 aromatic carbocycles. The van der Waals surface area contributed by atoms with Gasteiger partial charge in [0.25, 0.3) is 0 Å². The number of amides is 1. The highest BCUT2D eigenvalue weighted by Crippen LogP contribution is 2.07. The van der Waals surface area contributed by atoms with Gasteiger partial charge in [0.05, 0.1) is 0 Å². The van der Waals surface area contributed by atoms with Crippen LogP contribution in [0.1, 0.15) is 20.3 Å². The minimum Gasteiger partial charge on any atom is -0.354 e. The standard InChI is InChI=1S/C9H20N2OS/c1-9(2,11(3)4)7-10-8(12)5-6-13/h13H,5-7H2,1-4H3,(H,10,12). The molecule has 0 aliphatic rings. The summed E-state index contributed by atoms with van der Waals surface area (Å²) in [6.45, 7) is 4.86. The molecule has 0 radical (unpaired) electrons. The smallest absolute Gasteiger partial charge is 0.220 e. The molecule has 0 aliphatic carbocycles. The first-order valence-corrected chi connectivity index (χ1v) is 5.08. The van der Waals surface area contributed by atoms with Crippen LogP contribution in [0, 0.1) is 0 Å². The summed E-state index contributed by atoms with van der Waals surface area (Å²) in [6, 6.07) is 0. The quantitative estimate of drug-likeness (QED) is 0.648. The maximum Gasteiger partial charge on any atom is 0.220 e. The van der Waals surface area contributed by atoms with E-state index in [-0.39, 0.29) is 11.4 Å². The lowest BCUT2D eigenvalue weighted by molar-refractivity contribution is -0.121. The summed E-state index contributed by atoms with van der Waals surface area (Å²) < 4.78 is 0. The number of nitrogens with one attached hydrogen (secondary N) is 1. The molecule has 0 fully saturated rings. The molecule has 0 unspecified atom stereocenters. The van der Waals surface area contributed by atoms with Gasteiger partial charge in [-0.15, -0.1) is 0 Å². The largest absolute Gasteiger partial charge is 0.354 e. The van der Waals surface area contributed by atoms with Crippen molar-refractivity contribution in [3.63, 3.8) is 0 Å². The second-order valence-electron chi connectivity index (χ2n) is 3.96. The summed E-state index contributed by atoms with van der Waals surface area (Å²) in [5.41, 5.74) is 0.00621. The van der Waals surface area contributed by atoms with Gasteiger partial charge in [0.1, 0.15) is 0 Å². The highest BCUT2D eigenvalue weighted by Gasteiger charge is 2.20. The van der Waals surface area contributed by atoms with Crippen LogP contribution < -0.4 is 5.32 Å². The Balaban J connectivity index is 3.81. The molecule has 0 spiro atoms. The summed E-state index contributed by atoms with van der Waals surface area (Å²) >= 11 is 3.99. The van der Waals surface area contributed by atoms with E-state index in [0.29, 0.717) is 18.7 Å². The first-order valence-electron chi connectivity index (χ1n) is 4.45. The van der Waals surface area contributed by atoms with Crippen molar-refractivity contribution in [3.8, 4) is 0 Å². The van der Waals surface area contributed by atoms with Crippen LogP contribution in [0.5, 0.6) is 0 Å². The van der Waals surface area contributed by atoms with Crippen LogP contribution in [-0.2, 0) is 4.79 Å². The molecule has 4 heteroatoms. The van der Waals surface area contributed by atoms with E-state index < -0.39 is 0 Å². The van der Waals surface area contributed by atoms with Crippen molar-refractivity contribution in [1.29, 1.82) is 0 Å². The van der Waals surface area contributed by atoms with Crippen molar-refractivity contribution in [1.82, 2.24) is 10.2 Å². The molecule has 1 amide bonds. The second kappa shape index (κ2) is 5.50. The van der Waals surface area contributed by atoms with E-state index in [4.69, 9.17) is 0 Å². The zero-order valence-electron chi connectivity index (χ0n) is 8.92. The molecule has 3 nitrogen and oxygen atoms in total. The van der Waals surface area contributed by atoms with Gasteiger partial charge in [-0.1, -0.05) is 0 Å². The van der Waals surface area contributed by atoms with Crippen LogP contribution in [0.3, 0.4) is 0 Å². The van der Waals surface area contributed by atoms with Crippen molar-refractivity contribution < 1.29 is 4.79 Å². The molecule has 0 saturated carbocycles. The van der Waals surface area contributed by atoms with Gasteiger partial charge in [-0.3, -0.25) is 4.79 Å². The lowest BCUT2D eigenvalue weighted by Crippen LogP contribution is -2.48. The fourth-order valence-electron chi connectivity index (χ4n) is 0.663. The molecule has 0 heterocycles. The molecule has 78 valence electrons. The first-order chi connectivity index (χ1) is 5.90. The number of hydrogen-bond acceptors (Lipinski definition) is 3. The van der Waals surface area contributed by atoms with Crippen LogP contribution in [-0.4, -0.2) is 42.7 Å². The number of rotatable bonds is 5. The molecule has 1 N–H and O–H groups in total. The third-order valence-corrected chi connectivity index (χ3v) is 2.49. The Morgan fingerprint density at radius 2 is 2.00 bits per heavy atom. The van der Waals surface area contributed by atoms with E-state index in [2.05, 4.69) is 36.7 Å². The van der Waals surface area contributed by atoms with Gasteiger partial charge in [-0.25, -0.2) is 0 Å². The fraction of sp³-hybridized carbons (Fsp3) is 0.889. The first kappa shape index (κ1) is 12.8. The lowest BCUT2D eigenvalue weighted by Gasteiger charge is -2.32. The average Bonchev–Trinajstić information content (AvgIpc) is 2.01. The summed E-state index contributed by atoms with van der Waals surface area (Å²) in [5.74, 6) is 0.679. The zero-order valence-corrected chi connectivity index (χ0v) is 9.82. The molecule has 0 aromatic rings. The maximum atomic E-state index is 11.1. The molecule has 0 rings (SSSR count). The Morgan fingerprint density at radius 1 is 1.46 bits per heavy atom. The Kier molecular flexibility index (Phi) is 5.40. The molecule has 0 saturated heterocycles. The van der Waals surface area contributed by atoms with Crippen molar-refractivity contribution in [2.24, 2.45) is 0 Å². The third kappa shape index (κ3) is 5.16. The van der Waals surface area contributed by atoms with Gasteiger partial charge in [-0.05, 0) is 33.7 Å². The number of nitrogens with zero attached hydrogens (tertiary/aromatic N) is 1. The molecule has 0 aromatic heterocycles. The van der Waals surface area contributed by atoms with E-state index in [0.717, 1.165) is 0 Å². The van der Waals surface area contributed by atoms with E-state index >= 15 is 0 Å². The maximum absolute atomic E-state index is 11.1. The van der Waals surface area contributed by atoms with Crippen LogP contribution in [0.2, 0.25) is 0 Å². The predicted octanol–water partition coefficient (Wildman–Crippen LogP) is 0.763.